The van der Waals surface area contributed by atoms with E-state index in [9.17, 15) is 9.59 Å². The minimum absolute atomic E-state index is 0.103. The van der Waals surface area contributed by atoms with Crippen molar-refractivity contribution in [1.82, 2.24) is 4.98 Å². The Hall–Kier alpha value is -2.01. The molecule has 18 heavy (non-hydrogen) atoms. The maximum Gasteiger partial charge on any atom is 0.261 e. The Labute approximate surface area is 108 Å². The van der Waals surface area contributed by atoms with Crippen molar-refractivity contribution in [2.45, 2.75) is 4.90 Å². The molecule has 0 spiro atoms. The number of pyridine rings is 1. The minimum Gasteiger partial charge on any atom is -0.328 e. The van der Waals surface area contributed by atoms with Crippen LogP contribution in [0.3, 0.4) is 0 Å². The van der Waals surface area contributed by atoms with Gasteiger partial charge < -0.3 is 10.3 Å². The summed E-state index contributed by atoms with van der Waals surface area (Å²) in [5.41, 5.74) is 0.378. The van der Waals surface area contributed by atoms with Gasteiger partial charge in [0.2, 0.25) is 0 Å². The highest BCUT2D eigenvalue weighted by atomic mass is 32.2. The van der Waals surface area contributed by atoms with Crippen molar-refractivity contribution >= 4 is 23.4 Å². The maximum atomic E-state index is 11.9. The number of carbonyl (C=O) groups is 1. The van der Waals surface area contributed by atoms with E-state index in [1.54, 1.807) is 30.0 Å². The van der Waals surface area contributed by atoms with Crippen LogP contribution in [0.15, 0.2) is 52.3 Å². The number of rotatable bonds is 3. The number of nitrogens with one attached hydrogen (secondary N) is 2. The minimum atomic E-state index is -0.409. The molecule has 0 aliphatic heterocycles. The molecule has 2 aromatic rings. The lowest BCUT2D eigenvalue weighted by Gasteiger charge is -2.05. The first-order valence-electron chi connectivity index (χ1n) is 5.34. The van der Waals surface area contributed by atoms with Crippen LogP contribution < -0.4 is 10.9 Å². The number of aromatic amines is 1. The zero-order valence-corrected chi connectivity index (χ0v) is 10.6. The molecule has 0 radical (unpaired) electrons. The summed E-state index contributed by atoms with van der Waals surface area (Å²) >= 11 is 1.63. The highest BCUT2D eigenvalue weighted by molar-refractivity contribution is 7.98. The number of hydrogen-bond acceptors (Lipinski definition) is 3. The Morgan fingerprint density at radius 3 is 2.56 bits per heavy atom. The number of aromatic nitrogens is 1. The summed E-state index contributed by atoms with van der Waals surface area (Å²) in [7, 11) is 0. The molecule has 0 bridgehead atoms. The largest absolute Gasteiger partial charge is 0.328 e. The zero-order chi connectivity index (χ0) is 13.0. The summed E-state index contributed by atoms with van der Waals surface area (Å²) < 4.78 is 0. The van der Waals surface area contributed by atoms with E-state index < -0.39 is 11.5 Å². The van der Waals surface area contributed by atoms with Crippen LogP contribution in [-0.4, -0.2) is 17.1 Å². The molecule has 0 aliphatic rings. The van der Waals surface area contributed by atoms with Crippen molar-refractivity contribution in [3.05, 3.63) is 58.5 Å². The van der Waals surface area contributed by atoms with E-state index in [0.717, 1.165) is 4.90 Å². The average Bonchev–Trinajstić information content (AvgIpc) is 2.40. The molecule has 0 fully saturated rings. The van der Waals surface area contributed by atoms with Gasteiger partial charge in [0.1, 0.15) is 5.56 Å². The second-order valence-corrected chi connectivity index (χ2v) is 4.48. The van der Waals surface area contributed by atoms with E-state index in [1.165, 1.54) is 12.3 Å². The summed E-state index contributed by atoms with van der Waals surface area (Å²) in [4.78, 5) is 26.9. The number of thioether (sulfide) groups is 1. The predicted octanol–water partition coefficient (Wildman–Crippen LogP) is 2.35. The van der Waals surface area contributed by atoms with Crippen molar-refractivity contribution in [1.29, 1.82) is 0 Å². The molecule has 0 unspecified atom stereocenters. The highest BCUT2D eigenvalue weighted by Gasteiger charge is 2.09. The van der Waals surface area contributed by atoms with Crippen LogP contribution in [0.25, 0.3) is 0 Å². The quantitative estimate of drug-likeness (QED) is 0.833. The molecule has 0 atom stereocenters. The summed E-state index contributed by atoms with van der Waals surface area (Å²) in [5, 5.41) is 2.68. The zero-order valence-electron chi connectivity index (χ0n) is 9.77. The second-order valence-electron chi connectivity index (χ2n) is 3.60. The summed E-state index contributed by atoms with van der Waals surface area (Å²) in [6.45, 7) is 0. The molecule has 2 rings (SSSR count). The van der Waals surface area contributed by atoms with Gasteiger partial charge in [-0.1, -0.05) is 0 Å². The maximum absolute atomic E-state index is 11.9. The van der Waals surface area contributed by atoms with Crippen LogP contribution in [0.5, 0.6) is 0 Å². The third kappa shape index (κ3) is 2.81. The third-order valence-electron chi connectivity index (χ3n) is 2.41. The molecule has 5 heteroatoms. The molecule has 1 heterocycles. The number of amides is 1. The Balaban J connectivity index is 2.16. The lowest BCUT2D eigenvalue weighted by molar-refractivity contribution is 0.102. The van der Waals surface area contributed by atoms with E-state index in [-0.39, 0.29) is 5.56 Å². The standard InChI is InChI=1S/C13H12N2O2S/c1-18-10-6-4-9(5-7-10)15-13(17)11-3-2-8-14-12(11)16/h2-8H,1H3,(H,14,16)(H,15,17). The predicted molar refractivity (Wildman–Crippen MR) is 73.2 cm³/mol. The summed E-state index contributed by atoms with van der Waals surface area (Å²) in [6, 6.07) is 10.5. The lowest BCUT2D eigenvalue weighted by atomic mass is 10.2. The topological polar surface area (TPSA) is 62.0 Å². The third-order valence-corrected chi connectivity index (χ3v) is 3.15. The van der Waals surface area contributed by atoms with Gasteiger partial charge in [-0.15, -0.1) is 11.8 Å². The van der Waals surface area contributed by atoms with Crippen LogP contribution in [0.4, 0.5) is 5.69 Å². The summed E-state index contributed by atoms with van der Waals surface area (Å²) in [5.74, 6) is -0.409. The molecule has 1 aromatic carbocycles. The van der Waals surface area contributed by atoms with Gasteiger partial charge >= 0.3 is 0 Å². The van der Waals surface area contributed by atoms with Gasteiger partial charge in [0.25, 0.3) is 11.5 Å². The van der Waals surface area contributed by atoms with E-state index in [1.807, 2.05) is 18.4 Å². The Kier molecular flexibility index (Phi) is 3.84. The lowest BCUT2D eigenvalue weighted by Crippen LogP contribution is -2.22. The van der Waals surface area contributed by atoms with Gasteiger partial charge in [0.15, 0.2) is 0 Å². The first-order valence-corrected chi connectivity index (χ1v) is 6.56. The molecule has 1 amide bonds. The molecule has 0 aliphatic carbocycles. The Morgan fingerprint density at radius 2 is 1.94 bits per heavy atom. The smallest absolute Gasteiger partial charge is 0.261 e. The van der Waals surface area contributed by atoms with Gasteiger partial charge in [-0.2, -0.15) is 0 Å². The Morgan fingerprint density at radius 1 is 1.22 bits per heavy atom. The molecule has 0 saturated carbocycles. The fraction of sp³-hybridized carbons (Fsp3) is 0.0769. The molecule has 92 valence electrons. The van der Waals surface area contributed by atoms with Crippen LogP contribution in [0.2, 0.25) is 0 Å². The van der Waals surface area contributed by atoms with Crippen molar-refractivity contribution < 1.29 is 4.79 Å². The van der Waals surface area contributed by atoms with E-state index in [0.29, 0.717) is 5.69 Å². The van der Waals surface area contributed by atoms with Gasteiger partial charge in [-0.25, -0.2) is 0 Å². The highest BCUT2D eigenvalue weighted by Crippen LogP contribution is 2.17. The van der Waals surface area contributed by atoms with Crippen molar-refractivity contribution in [2.24, 2.45) is 0 Å². The number of anilines is 1. The Bertz CT molecular complexity index is 605. The number of carbonyl (C=O) groups excluding carboxylic acids is 1. The molecule has 4 nitrogen and oxygen atoms in total. The van der Waals surface area contributed by atoms with Gasteiger partial charge in [0.05, 0.1) is 0 Å². The van der Waals surface area contributed by atoms with Crippen molar-refractivity contribution in [3.63, 3.8) is 0 Å². The molecule has 2 N–H and O–H groups in total. The fourth-order valence-corrected chi connectivity index (χ4v) is 1.88. The first kappa shape index (κ1) is 12.4. The number of hydrogen-bond donors (Lipinski definition) is 2. The van der Waals surface area contributed by atoms with Crippen LogP contribution >= 0.6 is 11.8 Å². The van der Waals surface area contributed by atoms with Crippen molar-refractivity contribution in [2.75, 3.05) is 11.6 Å². The van der Waals surface area contributed by atoms with E-state index in [2.05, 4.69) is 10.3 Å². The fourth-order valence-electron chi connectivity index (χ4n) is 1.47. The molecule has 0 saturated heterocycles. The van der Waals surface area contributed by atoms with Crippen molar-refractivity contribution in [3.8, 4) is 0 Å². The molecule has 1 aromatic heterocycles. The number of benzene rings is 1. The van der Waals surface area contributed by atoms with E-state index in [4.69, 9.17) is 0 Å². The normalized spacial score (nSPS) is 10.1. The summed E-state index contributed by atoms with van der Waals surface area (Å²) in [6.07, 6.45) is 3.48. The average molecular weight is 260 g/mol. The monoisotopic (exact) mass is 260 g/mol. The molecular formula is C13H12N2O2S. The second kappa shape index (κ2) is 5.55. The van der Waals surface area contributed by atoms with E-state index >= 15 is 0 Å². The van der Waals surface area contributed by atoms with Gasteiger partial charge in [-0.3, -0.25) is 9.59 Å². The van der Waals surface area contributed by atoms with Crippen LogP contribution in [0, 0.1) is 0 Å². The number of H-pyrrole nitrogens is 1. The first-order chi connectivity index (χ1) is 8.70. The SMILES string of the molecule is CSc1ccc(NC(=O)c2ccc[nH]c2=O)cc1. The van der Waals surface area contributed by atoms with Gasteiger partial charge in [-0.05, 0) is 42.7 Å². The van der Waals surface area contributed by atoms with Crippen LogP contribution in [-0.2, 0) is 0 Å². The van der Waals surface area contributed by atoms with Crippen LogP contribution in [0.1, 0.15) is 10.4 Å². The van der Waals surface area contributed by atoms with Gasteiger partial charge in [0, 0.05) is 16.8 Å². The molecular weight excluding hydrogens is 248 g/mol.